The van der Waals surface area contributed by atoms with Crippen molar-refractivity contribution in [1.29, 1.82) is 0 Å². The first-order valence-electron chi connectivity index (χ1n) is 8.99. The number of pyridine rings is 2. The van der Waals surface area contributed by atoms with E-state index in [4.69, 9.17) is 4.74 Å². The summed E-state index contributed by atoms with van der Waals surface area (Å²) < 4.78 is 5.85. The third-order valence-electron chi connectivity index (χ3n) is 4.64. The second-order valence-electron chi connectivity index (χ2n) is 6.69. The Morgan fingerprint density at radius 3 is 2.68 bits per heavy atom. The van der Waals surface area contributed by atoms with Crippen molar-refractivity contribution in [2.45, 2.75) is 57.6 Å². The molecule has 1 amide bonds. The van der Waals surface area contributed by atoms with E-state index in [9.17, 15) is 4.79 Å². The standard InChI is InChI=1S/C20H25N3O2/c1-15(17-8-10-21-11-9-17)12-19(24)22-13-16-6-7-20(23-14-16)25-18-4-2-3-5-18/h6-11,14-15,18H,2-5,12-13H2,1H3,(H,22,24)/t15-/m1/s1. The van der Waals surface area contributed by atoms with Gasteiger partial charge in [0.25, 0.3) is 0 Å². The Morgan fingerprint density at radius 2 is 2.00 bits per heavy atom. The number of ether oxygens (including phenoxy) is 1. The van der Waals surface area contributed by atoms with Gasteiger partial charge in [-0.25, -0.2) is 4.98 Å². The fourth-order valence-corrected chi connectivity index (χ4v) is 3.12. The van der Waals surface area contributed by atoms with Gasteiger partial charge in [-0.05, 0) is 54.9 Å². The summed E-state index contributed by atoms with van der Waals surface area (Å²) in [7, 11) is 0. The summed E-state index contributed by atoms with van der Waals surface area (Å²) in [4.78, 5) is 20.5. The summed E-state index contributed by atoms with van der Waals surface area (Å²) in [6.45, 7) is 2.53. The van der Waals surface area contributed by atoms with Crippen LogP contribution in [0.15, 0.2) is 42.9 Å². The number of hydrogen-bond acceptors (Lipinski definition) is 4. The molecule has 0 saturated heterocycles. The van der Waals surface area contributed by atoms with Crippen molar-refractivity contribution in [2.24, 2.45) is 0 Å². The van der Waals surface area contributed by atoms with Gasteiger partial charge in [-0.1, -0.05) is 13.0 Å². The molecule has 2 aromatic heterocycles. The number of nitrogens with zero attached hydrogens (tertiary/aromatic N) is 2. The van der Waals surface area contributed by atoms with Crippen LogP contribution in [0.2, 0.25) is 0 Å². The predicted octanol–water partition coefficient (Wildman–Crippen LogP) is 3.61. The van der Waals surface area contributed by atoms with Gasteiger partial charge in [0.2, 0.25) is 11.8 Å². The maximum atomic E-state index is 12.1. The number of rotatable bonds is 7. The van der Waals surface area contributed by atoms with Crippen LogP contribution in [0.5, 0.6) is 5.88 Å². The minimum absolute atomic E-state index is 0.0376. The predicted molar refractivity (Wildman–Crippen MR) is 96.2 cm³/mol. The summed E-state index contributed by atoms with van der Waals surface area (Å²) in [6, 6.07) is 7.75. The molecule has 0 radical (unpaired) electrons. The van der Waals surface area contributed by atoms with Crippen molar-refractivity contribution in [3.05, 3.63) is 54.0 Å². The molecule has 0 aliphatic heterocycles. The van der Waals surface area contributed by atoms with E-state index < -0.39 is 0 Å². The van der Waals surface area contributed by atoms with Crippen LogP contribution in [0, 0.1) is 0 Å². The third kappa shape index (κ3) is 5.28. The van der Waals surface area contributed by atoms with Crippen LogP contribution in [-0.4, -0.2) is 22.0 Å². The van der Waals surface area contributed by atoms with Gasteiger partial charge in [0.05, 0.1) is 0 Å². The van der Waals surface area contributed by atoms with Crippen LogP contribution < -0.4 is 10.1 Å². The van der Waals surface area contributed by atoms with E-state index >= 15 is 0 Å². The molecule has 5 nitrogen and oxygen atoms in total. The van der Waals surface area contributed by atoms with Crippen LogP contribution in [-0.2, 0) is 11.3 Å². The molecule has 0 unspecified atom stereocenters. The van der Waals surface area contributed by atoms with Crippen molar-refractivity contribution < 1.29 is 9.53 Å². The molecule has 2 aromatic rings. The topological polar surface area (TPSA) is 64.1 Å². The highest BCUT2D eigenvalue weighted by Crippen LogP contribution is 2.23. The molecule has 0 spiro atoms. The van der Waals surface area contributed by atoms with Crippen LogP contribution in [0.1, 0.15) is 56.1 Å². The summed E-state index contributed by atoms with van der Waals surface area (Å²) in [5.74, 6) is 0.882. The summed E-state index contributed by atoms with van der Waals surface area (Å²) in [6.07, 6.45) is 10.8. The SMILES string of the molecule is C[C@H](CC(=O)NCc1ccc(OC2CCCC2)nc1)c1ccncc1. The highest BCUT2D eigenvalue weighted by molar-refractivity contribution is 5.76. The van der Waals surface area contributed by atoms with Crippen LogP contribution in [0.25, 0.3) is 0 Å². The van der Waals surface area contributed by atoms with Crippen molar-refractivity contribution in [2.75, 3.05) is 0 Å². The van der Waals surface area contributed by atoms with E-state index in [1.807, 2.05) is 31.2 Å². The molecule has 1 aliphatic carbocycles. The molecule has 1 aliphatic rings. The van der Waals surface area contributed by atoms with E-state index in [-0.39, 0.29) is 11.8 Å². The highest BCUT2D eigenvalue weighted by Gasteiger charge is 2.17. The molecule has 25 heavy (non-hydrogen) atoms. The lowest BCUT2D eigenvalue weighted by Crippen LogP contribution is -2.24. The number of nitrogens with one attached hydrogen (secondary N) is 1. The Kier molecular flexibility index (Phi) is 5.99. The zero-order chi connectivity index (χ0) is 17.5. The van der Waals surface area contributed by atoms with E-state index in [1.165, 1.54) is 12.8 Å². The summed E-state index contributed by atoms with van der Waals surface area (Å²) in [5.41, 5.74) is 2.10. The zero-order valence-corrected chi connectivity index (χ0v) is 14.6. The monoisotopic (exact) mass is 339 g/mol. The molecule has 132 valence electrons. The Bertz CT molecular complexity index is 667. The van der Waals surface area contributed by atoms with Crippen molar-refractivity contribution in [3.8, 4) is 5.88 Å². The first-order chi connectivity index (χ1) is 12.2. The molecule has 1 saturated carbocycles. The van der Waals surface area contributed by atoms with Crippen molar-refractivity contribution in [3.63, 3.8) is 0 Å². The maximum absolute atomic E-state index is 12.1. The molecule has 1 N–H and O–H groups in total. The van der Waals surface area contributed by atoms with Gasteiger partial charge in [-0.15, -0.1) is 0 Å². The van der Waals surface area contributed by atoms with Gasteiger partial charge in [-0.2, -0.15) is 0 Å². The smallest absolute Gasteiger partial charge is 0.220 e. The van der Waals surface area contributed by atoms with Crippen molar-refractivity contribution in [1.82, 2.24) is 15.3 Å². The van der Waals surface area contributed by atoms with E-state index in [1.54, 1.807) is 18.6 Å². The molecule has 3 rings (SSSR count). The largest absolute Gasteiger partial charge is 0.474 e. The normalized spacial score (nSPS) is 15.7. The molecular weight excluding hydrogens is 314 g/mol. The molecule has 0 aromatic carbocycles. The summed E-state index contributed by atoms with van der Waals surface area (Å²) in [5, 5.41) is 2.96. The fourth-order valence-electron chi connectivity index (χ4n) is 3.12. The zero-order valence-electron chi connectivity index (χ0n) is 14.6. The number of carbonyl (C=O) groups is 1. The van der Waals surface area contributed by atoms with E-state index in [2.05, 4.69) is 15.3 Å². The molecule has 0 bridgehead atoms. The van der Waals surface area contributed by atoms with E-state index in [0.29, 0.717) is 24.9 Å². The van der Waals surface area contributed by atoms with Crippen LogP contribution in [0.3, 0.4) is 0 Å². The van der Waals surface area contributed by atoms with Gasteiger partial charge in [0.1, 0.15) is 6.10 Å². The second-order valence-corrected chi connectivity index (χ2v) is 6.69. The Labute approximate surface area is 148 Å². The maximum Gasteiger partial charge on any atom is 0.220 e. The average molecular weight is 339 g/mol. The van der Waals surface area contributed by atoms with Gasteiger partial charge in [0.15, 0.2) is 0 Å². The summed E-state index contributed by atoms with van der Waals surface area (Å²) >= 11 is 0. The van der Waals surface area contributed by atoms with Gasteiger partial charge < -0.3 is 10.1 Å². The minimum atomic E-state index is 0.0376. The van der Waals surface area contributed by atoms with Gasteiger partial charge >= 0.3 is 0 Å². The van der Waals surface area contributed by atoms with Gasteiger partial charge in [0, 0.05) is 37.6 Å². The molecule has 2 heterocycles. The van der Waals surface area contributed by atoms with Crippen LogP contribution in [0.4, 0.5) is 0 Å². The van der Waals surface area contributed by atoms with Crippen molar-refractivity contribution >= 4 is 5.91 Å². The molecule has 1 fully saturated rings. The lowest BCUT2D eigenvalue weighted by molar-refractivity contribution is -0.121. The quantitative estimate of drug-likeness (QED) is 0.837. The number of carbonyl (C=O) groups excluding carboxylic acids is 1. The lowest BCUT2D eigenvalue weighted by atomic mass is 9.99. The second kappa shape index (κ2) is 8.60. The van der Waals surface area contributed by atoms with E-state index in [0.717, 1.165) is 24.0 Å². The Morgan fingerprint density at radius 1 is 1.24 bits per heavy atom. The first kappa shape index (κ1) is 17.4. The first-order valence-corrected chi connectivity index (χ1v) is 8.99. The number of hydrogen-bond donors (Lipinski definition) is 1. The molecule has 5 heteroatoms. The number of amides is 1. The Hall–Kier alpha value is -2.43. The van der Waals surface area contributed by atoms with Crippen LogP contribution >= 0.6 is 0 Å². The lowest BCUT2D eigenvalue weighted by Gasteiger charge is -2.13. The fraction of sp³-hybridized carbons (Fsp3) is 0.450. The third-order valence-corrected chi connectivity index (χ3v) is 4.64. The van der Waals surface area contributed by atoms with Gasteiger partial charge in [-0.3, -0.25) is 9.78 Å². The molecular formula is C20H25N3O2. The average Bonchev–Trinajstić information content (AvgIpc) is 3.15. The molecule has 1 atom stereocenters. The highest BCUT2D eigenvalue weighted by atomic mass is 16.5. The minimum Gasteiger partial charge on any atom is -0.474 e. The number of aromatic nitrogens is 2. The Balaban J connectivity index is 1.43.